The van der Waals surface area contributed by atoms with Crippen molar-refractivity contribution in [3.05, 3.63) is 0 Å². The summed E-state index contributed by atoms with van der Waals surface area (Å²) in [6.07, 6.45) is 0.641. The second-order valence-corrected chi connectivity index (χ2v) is 4.49. The standard InChI is InChI=1S/C11H21N3O4/c1-18-11(17)8-4-9(13-2-3-15)6-14(5-8)7-10(12)16/h8-9,13,15H,2-7H2,1H3,(H2,12,16). The van der Waals surface area contributed by atoms with Crippen LogP contribution in [0.5, 0.6) is 0 Å². The molecule has 0 saturated carbocycles. The van der Waals surface area contributed by atoms with Crippen LogP contribution in [0.25, 0.3) is 0 Å². The van der Waals surface area contributed by atoms with E-state index >= 15 is 0 Å². The maximum Gasteiger partial charge on any atom is 0.310 e. The second-order valence-electron chi connectivity index (χ2n) is 4.49. The molecule has 2 atom stereocenters. The third-order valence-corrected chi connectivity index (χ3v) is 2.98. The zero-order valence-electron chi connectivity index (χ0n) is 10.6. The third kappa shape index (κ3) is 4.59. The quantitative estimate of drug-likeness (QED) is 0.473. The molecule has 1 fully saturated rings. The number of aliphatic hydroxyl groups is 1. The monoisotopic (exact) mass is 259 g/mol. The number of piperidine rings is 1. The highest BCUT2D eigenvalue weighted by Crippen LogP contribution is 2.18. The smallest absolute Gasteiger partial charge is 0.310 e. The first-order valence-electron chi connectivity index (χ1n) is 5.99. The molecule has 1 saturated heterocycles. The molecular weight excluding hydrogens is 238 g/mol. The minimum atomic E-state index is -0.415. The van der Waals surface area contributed by atoms with E-state index in [2.05, 4.69) is 5.32 Å². The number of nitrogens with zero attached hydrogens (tertiary/aromatic N) is 1. The number of hydrogen-bond acceptors (Lipinski definition) is 6. The zero-order chi connectivity index (χ0) is 13.5. The molecule has 0 bridgehead atoms. The number of carbonyl (C=O) groups excluding carboxylic acids is 2. The minimum absolute atomic E-state index is 0.0369. The lowest BCUT2D eigenvalue weighted by Gasteiger charge is -2.36. The van der Waals surface area contributed by atoms with Crippen molar-refractivity contribution in [2.45, 2.75) is 12.5 Å². The molecule has 0 spiro atoms. The SMILES string of the molecule is COC(=O)C1CC(NCCO)CN(CC(N)=O)C1. The second kappa shape index (κ2) is 7.30. The maximum absolute atomic E-state index is 11.6. The number of amides is 1. The Bertz CT molecular complexity index is 298. The summed E-state index contributed by atoms with van der Waals surface area (Å²) < 4.78 is 4.74. The fourth-order valence-electron chi connectivity index (χ4n) is 2.29. The van der Waals surface area contributed by atoms with Gasteiger partial charge in [-0.05, 0) is 6.42 Å². The Morgan fingerprint density at radius 2 is 2.22 bits per heavy atom. The molecule has 0 aliphatic carbocycles. The van der Waals surface area contributed by atoms with Gasteiger partial charge in [-0.15, -0.1) is 0 Å². The molecule has 1 heterocycles. The zero-order valence-corrected chi connectivity index (χ0v) is 10.6. The van der Waals surface area contributed by atoms with Crippen molar-refractivity contribution in [1.29, 1.82) is 0 Å². The van der Waals surface area contributed by atoms with Gasteiger partial charge in [0.15, 0.2) is 0 Å². The normalized spacial score (nSPS) is 24.8. The molecular formula is C11H21N3O4. The van der Waals surface area contributed by atoms with E-state index in [1.54, 1.807) is 0 Å². The number of rotatable bonds is 6. The summed E-state index contributed by atoms with van der Waals surface area (Å²) in [6.45, 7) is 1.74. The van der Waals surface area contributed by atoms with Crippen LogP contribution in [0.2, 0.25) is 0 Å². The molecule has 1 amide bonds. The van der Waals surface area contributed by atoms with E-state index in [0.717, 1.165) is 0 Å². The van der Waals surface area contributed by atoms with Crippen molar-refractivity contribution in [2.24, 2.45) is 11.7 Å². The van der Waals surface area contributed by atoms with Crippen LogP contribution in [0.15, 0.2) is 0 Å². The molecule has 18 heavy (non-hydrogen) atoms. The van der Waals surface area contributed by atoms with E-state index in [1.807, 2.05) is 4.90 Å². The minimum Gasteiger partial charge on any atom is -0.469 e. The fourth-order valence-corrected chi connectivity index (χ4v) is 2.29. The molecule has 1 aliphatic heterocycles. The van der Waals surface area contributed by atoms with Gasteiger partial charge in [-0.3, -0.25) is 14.5 Å². The van der Waals surface area contributed by atoms with E-state index in [1.165, 1.54) is 7.11 Å². The highest BCUT2D eigenvalue weighted by atomic mass is 16.5. The topological polar surface area (TPSA) is 105 Å². The number of nitrogens with one attached hydrogen (secondary N) is 1. The van der Waals surface area contributed by atoms with Crippen LogP contribution < -0.4 is 11.1 Å². The van der Waals surface area contributed by atoms with Gasteiger partial charge in [-0.1, -0.05) is 0 Å². The summed E-state index contributed by atoms with van der Waals surface area (Å²) in [7, 11) is 1.35. The van der Waals surface area contributed by atoms with Gasteiger partial charge in [-0.2, -0.15) is 0 Å². The Morgan fingerprint density at radius 1 is 1.50 bits per heavy atom. The van der Waals surface area contributed by atoms with E-state index in [-0.39, 0.29) is 31.1 Å². The largest absolute Gasteiger partial charge is 0.469 e. The molecule has 0 aromatic heterocycles. The molecule has 1 rings (SSSR count). The van der Waals surface area contributed by atoms with Gasteiger partial charge in [0.2, 0.25) is 5.91 Å². The van der Waals surface area contributed by atoms with Crippen molar-refractivity contribution in [2.75, 3.05) is 39.9 Å². The number of esters is 1. The van der Waals surface area contributed by atoms with Gasteiger partial charge < -0.3 is 20.9 Å². The summed E-state index contributed by atoms with van der Waals surface area (Å²) >= 11 is 0. The lowest BCUT2D eigenvalue weighted by molar-refractivity contribution is -0.148. The molecule has 1 aliphatic rings. The summed E-state index contributed by atoms with van der Waals surface area (Å²) in [5.41, 5.74) is 5.17. The van der Waals surface area contributed by atoms with E-state index in [4.69, 9.17) is 15.6 Å². The number of nitrogens with two attached hydrogens (primary N) is 1. The first kappa shape index (κ1) is 14.9. The number of primary amides is 1. The van der Waals surface area contributed by atoms with Crippen LogP contribution >= 0.6 is 0 Å². The average Bonchev–Trinajstić information content (AvgIpc) is 2.34. The number of likely N-dealkylation sites (tertiary alicyclic amines) is 1. The molecule has 0 aromatic carbocycles. The molecule has 104 valence electrons. The van der Waals surface area contributed by atoms with E-state index in [0.29, 0.717) is 26.1 Å². The third-order valence-electron chi connectivity index (χ3n) is 2.98. The molecule has 2 unspecified atom stereocenters. The van der Waals surface area contributed by atoms with Gasteiger partial charge in [0.05, 0.1) is 26.2 Å². The fraction of sp³-hybridized carbons (Fsp3) is 0.818. The Labute approximate surface area is 106 Å². The molecule has 0 radical (unpaired) electrons. The Hall–Kier alpha value is -1.18. The Balaban J connectivity index is 2.59. The molecule has 4 N–H and O–H groups in total. The van der Waals surface area contributed by atoms with Gasteiger partial charge >= 0.3 is 5.97 Å². The predicted octanol–water partition coefficient (Wildman–Crippen LogP) is -2.08. The van der Waals surface area contributed by atoms with Crippen LogP contribution in [-0.2, 0) is 14.3 Å². The van der Waals surface area contributed by atoms with Crippen molar-refractivity contribution >= 4 is 11.9 Å². The summed E-state index contributed by atoms with van der Waals surface area (Å²) in [6, 6.07) is 0.0503. The van der Waals surface area contributed by atoms with Crippen LogP contribution in [0.3, 0.4) is 0 Å². The van der Waals surface area contributed by atoms with Crippen LogP contribution in [0.1, 0.15) is 6.42 Å². The van der Waals surface area contributed by atoms with Gasteiger partial charge in [0.1, 0.15) is 0 Å². The molecule has 7 nitrogen and oxygen atoms in total. The number of carbonyl (C=O) groups is 2. The summed E-state index contributed by atoms with van der Waals surface area (Å²) in [4.78, 5) is 24.3. The van der Waals surface area contributed by atoms with Crippen LogP contribution in [0, 0.1) is 5.92 Å². The van der Waals surface area contributed by atoms with Gasteiger partial charge in [0, 0.05) is 25.7 Å². The Kier molecular flexibility index (Phi) is 6.03. The van der Waals surface area contributed by atoms with Crippen molar-refractivity contribution in [1.82, 2.24) is 10.2 Å². The lowest BCUT2D eigenvalue weighted by atomic mass is 9.94. The number of hydrogen-bond donors (Lipinski definition) is 3. The van der Waals surface area contributed by atoms with Crippen LogP contribution in [0.4, 0.5) is 0 Å². The summed E-state index contributed by atoms with van der Waals surface area (Å²) in [5, 5.41) is 11.9. The number of methoxy groups -OCH3 is 1. The van der Waals surface area contributed by atoms with E-state index < -0.39 is 5.91 Å². The predicted molar refractivity (Wildman–Crippen MR) is 64.6 cm³/mol. The lowest BCUT2D eigenvalue weighted by Crippen LogP contribution is -2.53. The molecule has 7 heteroatoms. The number of aliphatic hydroxyl groups excluding tert-OH is 1. The van der Waals surface area contributed by atoms with Crippen molar-refractivity contribution < 1.29 is 19.4 Å². The first-order chi connectivity index (χ1) is 8.56. The first-order valence-corrected chi connectivity index (χ1v) is 5.99. The maximum atomic E-state index is 11.6. The highest BCUT2D eigenvalue weighted by molar-refractivity contribution is 5.76. The van der Waals surface area contributed by atoms with Crippen molar-refractivity contribution in [3.63, 3.8) is 0 Å². The Morgan fingerprint density at radius 3 is 2.78 bits per heavy atom. The van der Waals surface area contributed by atoms with E-state index in [9.17, 15) is 9.59 Å². The van der Waals surface area contributed by atoms with Gasteiger partial charge in [0.25, 0.3) is 0 Å². The number of ether oxygens (including phenoxy) is 1. The van der Waals surface area contributed by atoms with Crippen molar-refractivity contribution in [3.8, 4) is 0 Å². The summed E-state index contributed by atoms with van der Waals surface area (Å²) in [5.74, 6) is -0.958. The van der Waals surface area contributed by atoms with Crippen LogP contribution in [-0.4, -0.2) is 67.8 Å². The average molecular weight is 259 g/mol. The van der Waals surface area contributed by atoms with Gasteiger partial charge in [-0.25, -0.2) is 0 Å². The molecule has 0 aromatic rings. The highest BCUT2D eigenvalue weighted by Gasteiger charge is 2.32.